The van der Waals surface area contributed by atoms with E-state index in [1.165, 1.54) is 14.2 Å². The first-order valence-electron chi connectivity index (χ1n) is 9.48. The highest BCUT2D eigenvalue weighted by atomic mass is 16.5. The predicted molar refractivity (Wildman–Crippen MR) is 106 cm³/mol. The van der Waals surface area contributed by atoms with Gasteiger partial charge in [0.25, 0.3) is 11.8 Å². The van der Waals surface area contributed by atoms with E-state index in [0.717, 1.165) is 0 Å². The summed E-state index contributed by atoms with van der Waals surface area (Å²) in [5.41, 5.74) is 0. The van der Waals surface area contributed by atoms with Crippen LogP contribution in [0.3, 0.4) is 0 Å². The molecule has 30 heavy (non-hydrogen) atoms. The third-order valence-corrected chi connectivity index (χ3v) is 3.78. The zero-order valence-electron chi connectivity index (χ0n) is 17.2. The lowest BCUT2D eigenvalue weighted by Gasteiger charge is -2.12. The van der Waals surface area contributed by atoms with Gasteiger partial charge in [-0.25, -0.2) is 0 Å². The number of ether oxygens (including phenoxy) is 4. The molecule has 1 aromatic rings. The molecule has 166 valence electrons. The summed E-state index contributed by atoms with van der Waals surface area (Å²) in [5.74, 6) is -0.726. The van der Waals surface area contributed by atoms with Gasteiger partial charge in [0, 0.05) is 25.9 Å². The summed E-state index contributed by atoms with van der Waals surface area (Å²) in [4.78, 5) is 45.7. The molecule has 0 heterocycles. The molecule has 0 bridgehead atoms. The zero-order valence-corrected chi connectivity index (χ0v) is 17.2. The average Bonchev–Trinajstić information content (AvgIpc) is 2.76. The topological polar surface area (TPSA) is 129 Å². The Morgan fingerprint density at radius 3 is 1.50 bits per heavy atom. The van der Waals surface area contributed by atoms with Crippen molar-refractivity contribution >= 4 is 23.8 Å². The second-order valence-corrected chi connectivity index (χ2v) is 6.08. The van der Waals surface area contributed by atoms with E-state index >= 15 is 0 Å². The summed E-state index contributed by atoms with van der Waals surface area (Å²) in [7, 11) is 2.62. The average molecular weight is 424 g/mol. The molecule has 0 spiro atoms. The minimum Gasteiger partial charge on any atom is -0.480 e. The van der Waals surface area contributed by atoms with Crippen molar-refractivity contribution in [3.8, 4) is 11.5 Å². The Balaban J connectivity index is 2.32. The number of esters is 2. The highest BCUT2D eigenvalue weighted by Crippen LogP contribution is 2.26. The normalized spacial score (nSPS) is 9.93. The molecule has 0 aliphatic carbocycles. The molecular formula is C20H28N2O8. The molecule has 0 aromatic heterocycles. The summed E-state index contributed by atoms with van der Waals surface area (Å²) in [6.07, 6.45) is 1.37. The molecule has 1 aromatic carbocycles. The van der Waals surface area contributed by atoms with Crippen LogP contribution in [0.15, 0.2) is 24.3 Å². The minimum absolute atomic E-state index is 0.221. The minimum atomic E-state index is -0.349. The van der Waals surface area contributed by atoms with E-state index in [1.54, 1.807) is 24.3 Å². The van der Waals surface area contributed by atoms with E-state index in [0.29, 0.717) is 37.4 Å². The van der Waals surface area contributed by atoms with E-state index < -0.39 is 0 Å². The van der Waals surface area contributed by atoms with Crippen LogP contribution in [0, 0.1) is 0 Å². The largest absolute Gasteiger partial charge is 0.480 e. The first kappa shape index (κ1) is 24.7. The number of rotatable bonds is 14. The van der Waals surface area contributed by atoms with Crippen LogP contribution in [-0.4, -0.2) is 64.3 Å². The van der Waals surface area contributed by atoms with E-state index in [-0.39, 0.29) is 49.8 Å². The van der Waals surface area contributed by atoms with Crippen molar-refractivity contribution < 1.29 is 38.1 Å². The lowest BCUT2D eigenvalue weighted by molar-refractivity contribution is -0.141. The number of hydrogen-bond donors (Lipinski definition) is 2. The van der Waals surface area contributed by atoms with Crippen LogP contribution < -0.4 is 20.1 Å². The van der Waals surface area contributed by atoms with Gasteiger partial charge < -0.3 is 29.6 Å². The van der Waals surface area contributed by atoms with Gasteiger partial charge in [0.15, 0.2) is 24.7 Å². The van der Waals surface area contributed by atoms with Crippen molar-refractivity contribution in [1.82, 2.24) is 10.6 Å². The lowest BCUT2D eigenvalue weighted by Crippen LogP contribution is -2.31. The number of methoxy groups -OCH3 is 2. The van der Waals surface area contributed by atoms with E-state index in [4.69, 9.17) is 9.47 Å². The number of hydrogen-bond acceptors (Lipinski definition) is 8. The third-order valence-electron chi connectivity index (χ3n) is 3.78. The van der Waals surface area contributed by atoms with Gasteiger partial charge >= 0.3 is 11.9 Å². The molecule has 0 aliphatic heterocycles. The summed E-state index contributed by atoms with van der Waals surface area (Å²) in [6, 6.07) is 6.66. The predicted octanol–water partition coefficient (Wildman–Crippen LogP) is 0.583. The maximum atomic E-state index is 11.8. The lowest BCUT2D eigenvalue weighted by atomic mass is 10.3. The molecule has 10 heteroatoms. The van der Waals surface area contributed by atoms with Crippen LogP contribution in [0.2, 0.25) is 0 Å². The molecule has 0 saturated carbocycles. The van der Waals surface area contributed by atoms with Crippen LogP contribution >= 0.6 is 0 Å². The van der Waals surface area contributed by atoms with Crippen LogP contribution in [0.1, 0.15) is 25.7 Å². The summed E-state index contributed by atoms with van der Waals surface area (Å²) in [6.45, 7) is 0.174. The van der Waals surface area contributed by atoms with Crippen molar-refractivity contribution in [3.63, 3.8) is 0 Å². The Bertz CT molecular complexity index is 649. The molecule has 2 N–H and O–H groups in total. The molecule has 2 amide bonds. The van der Waals surface area contributed by atoms with E-state index in [2.05, 4.69) is 20.1 Å². The van der Waals surface area contributed by atoms with Gasteiger partial charge in [0.2, 0.25) is 0 Å². The Kier molecular flexibility index (Phi) is 12.1. The number of para-hydroxylation sites is 2. The third kappa shape index (κ3) is 10.9. The SMILES string of the molecule is COC(=O)CCCNC(=O)COc1ccccc1OCC(=O)NCCCC(=O)OC. The number of nitrogens with one attached hydrogen (secondary N) is 2. The maximum Gasteiger partial charge on any atom is 0.305 e. The van der Waals surface area contributed by atoms with Crippen LogP contribution in [-0.2, 0) is 28.7 Å². The first-order valence-corrected chi connectivity index (χ1v) is 9.48. The zero-order chi connectivity index (χ0) is 22.2. The highest BCUT2D eigenvalue weighted by molar-refractivity contribution is 5.78. The smallest absolute Gasteiger partial charge is 0.305 e. The van der Waals surface area contributed by atoms with Crippen molar-refractivity contribution in [2.75, 3.05) is 40.5 Å². The van der Waals surface area contributed by atoms with Crippen molar-refractivity contribution in [2.24, 2.45) is 0 Å². The number of carbonyl (C=O) groups is 4. The molecule has 0 fully saturated rings. The van der Waals surface area contributed by atoms with Crippen LogP contribution in [0.5, 0.6) is 11.5 Å². The number of amides is 2. The Morgan fingerprint density at radius 2 is 1.13 bits per heavy atom. The van der Waals surface area contributed by atoms with Gasteiger partial charge in [-0.1, -0.05) is 12.1 Å². The molecule has 0 saturated heterocycles. The monoisotopic (exact) mass is 424 g/mol. The van der Waals surface area contributed by atoms with Crippen molar-refractivity contribution in [1.29, 1.82) is 0 Å². The molecule has 10 nitrogen and oxygen atoms in total. The van der Waals surface area contributed by atoms with Gasteiger partial charge in [0.1, 0.15) is 0 Å². The van der Waals surface area contributed by atoms with Gasteiger partial charge in [-0.3, -0.25) is 19.2 Å². The van der Waals surface area contributed by atoms with Crippen molar-refractivity contribution in [2.45, 2.75) is 25.7 Å². The maximum absolute atomic E-state index is 11.8. The quantitative estimate of drug-likeness (QED) is 0.328. The highest BCUT2D eigenvalue weighted by Gasteiger charge is 2.10. The fourth-order valence-corrected chi connectivity index (χ4v) is 2.20. The van der Waals surface area contributed by atoms with Crippen LogP contribution in [0.25, 0.3) is 0 Å². The summed E-state index contributed by atoms with van der Waals surface area (Å²) < 4.78 is 20.0. The Morgan fingerprint density at radius 1 is 0.733 bits per heavy atom. The second-order valence-electron chi connectivity index (χ2n) is 6.08. The van der Waals surface area contributed by atoms with Gasteiger partial charge in [-0.05, 0) is 25.0 Å². The van der Waals surface area contributed by atoms with Gasteiger partial charge in [-0.2, -0.15) is 0 Å². The molecule has 0 aliphatic rings. The second kappa shape index (κ2) is 14.7. The standard InChI is InChI=1S/C20H28N2O8/c1-27-19(25)9-5-11-21-17(23)13-29-15-7-3-4-8-16(15)30-14-18(24)22-12-6-10-20(26)28-2/h3-4,7-8H,5-6,9-14H2,1-2H3,(H,21,23)(H,22,24). The molecule has 1 rings (SSSR count). The fraction of sp³-hybridized carbons (Fsp3) is 0.500. The first-order chi connectivity index (χ1) is 14.5. The summed E-state index contributed by atoms with van der Waals surface area (Å²) >= 11 is 0. The fourth-order valence-electron chi connectivity index (χ4n) is 2.20. The molecule has 0 atom stereocenters. The molecule has 0 radical (unpaired) electrons. The Labute approximate surface area is 175 Å². The van der Waals surface area contributed by atoms with E-state index in [1.807, 2.05) is 0 Å². The number of benzene rings is 1. The van der Waals surface area contributed by atoms with Crippen molar-refractivity contribution in [3.05, 3.63) is 24.3 Å². The number of carbonyl (C=O) groups excluding carboxylic acids is 4. The van der Waals surface area contributed by atoms with E-state index in [9.17, 15) is 19.2 Å². The van der Waals surface area contributed by atoms with Crippen LogP contribution in [0.4, 0.5) is 0 Å². The van der Waals surface area contributed by atoms with Gasteiger partial charge in [-0.15, -0.1) is 0 Å². The molecular weight excluding hydrogens is 396 g/mol. The van der Waals surface area contributed by atoms with Gasteiger partial charge in [0.05, 0.1) is 14.2 Å². The summed E-state index contributed by atoms with van der Waals surface area (Å²) in [5, 5.41) is 5.27. The molecule has 0 unspecified atom stereocenters. The Hall–Kier alpha value is -3.30.